The van der Waals surface area contributed by atoms with Crippen LogP contribution in [0.2, 0.25) is 0 Å². The molecule has 0 rings (SSSR count). The van der Waals surface area contributed by atoms with E-state index in [1.54, 1.807) is 11.8 Å². The van der Waals surface area contributed by atoms with E-state index in [1.165, 1.54) is 0 Å². The molecule has 0 aliphatic heterocycles. The van der Waals surface area contributed by atoms with Gasteiger partial charge in [0.1, 0.15) is 0 Å². The van der Waals surface area contributed by atoms with E-state index in [-0.39, 0.29) is 36.5 Å². The fourth-order valence-corrected chi connectivity index (χ4v) is 2.82. The molecule has 0 aromatic rings. The summed E-state index contributed by atoms with van der Waals surface area (Å²) in [5.41, 5.74) is -0.257. The Morgan fingerprint density at radius 3 is 2.20 bits per heavy atom. The maximum absolute atomic E-state index is 11.0. The molecule has 0 aromatic carbocycles. The number of thiol groups is 1. The number of hydrogen-bond donors (Lipinski definition) is 5. The van der Waals surface area contributed by atoms with Crippen molar-refractivity contribution in [3.63, 3.8) is 0 Å². The van der Waals surface area contributed by atoms with Gasteiger partial charge < -0.3 is 26.1 Å². The van der Waals surface area contributed by atoms with Crippen molar-refractivity contribution in [2.45, 2.75) is 45.4 Å². The Kier molecular flexibility index (Phi) is 24.0. The average Bonchev–Trinajstić information content (AvgIpc) is 2.71. The van der Waals surface area contributed by atoms with E-state index in [0.717, 1.165) is 31.4 Å². The zero-order chi connectivity index (χ0) is 23.0. The van der Waals surface area contributed by atoms with Gasteiger partial charge in [-0.3, -0.25) is 19.2 Å². The molecule has 0 bridgehead atoms. The number of carbonyl (C=O) groups excluding carboxylic acids is 5. The molecule has 9 nitrogen and oxygen atoms in total. The quantitative estimate of drug-likeness (QED) is 0.0668. The predicted molar refractivity (Wildman–Crippen MR) is 124 cm³/mol. The first-order valence-corrected chi connectivity index (χ1v) is 11.6. The molecule has 12 heteroatoms. The fraction of sp³-hybridized carbons (Fsp3) is 0.722. The molecule has 0 fully saturated rings. The molecule has 30 heavy (non-hydrogen) atoms. The van der Waals surface area contributed by atoms with E-state index in [1.807, 2.05) is 6.92 Å². The van der Waals surface area contributed by atoms with E-state index in [0.29, 0.717) is 37.4 Å². The molecule has 0 aliphatic carbocycles. The molecule has 0 saturated carbocycles. The van der Waals surface area contributed by atoms with Gasteiger partial charge in [0.25, 0.3) is 0 Å². The smallest absolute Gasteiger partial charge is 0.240 e. The number of nitrogens with one attached hydrogen (secondary N) is 4. The van der Waals surface area contributed by atoms with Crippen LogP contribution >= 0.6 is 24.4 Å². The Morgan fingerprint density at radius 2 is 1.60 bits per heavy atom. The second kappa shape index (κ2) is 23.6. The van der Waals surface area contributed by atoms with Crippen LogP contribution in [0.4, 0.5) is 0 Å². The molecule has 4 N–H and O–H groups in total. The largest absolute Gasteiger partial charge is 0.355 e. The van der Waals surface area contributed by atoms with Gasteiger partial charge >= 0.3 is 0 Å². The number of amides is 4. The van der Waals surface area contributed by atoms with Crippen LogP contribution in [-0.2, 0) is 24.0 Å². The van der Waals surface area contributed by atoms with Crippen LogP contribution in [0.15, 0.2) is 0 Å². The van der Waals surface area contributed by atoms with Gasteiger partial charge in [-0.2, -0.15) is 12.6 Å². The fourth-order valence-electron chi connectivity index (χ4n) is 1.85. The van der Waals surface area contributed by atoms with E-state index in [9.17, 15) is 24.0 Å². The second-order valence-electron chi connectivity index (χ2n) is 5.99. The van der Waals surface area contributed by atoms with Crippen molar-refractivity contribution in [2.75, 3.05) is 37.0 Å². The van der Waals surface area contributed by atoms with Crippen molar-refractivity contribution in [2.24, 2.45) is 0 Å². The van der Waals surface area contributed by atoms with Crippen molar-refractivity contribution in [3.8, 4) is 0 Å². The summed E-state index contributed by atoms with van der Waals surface area (Å²) in [6.45, 7) is 2.51. The SMILES string of the molecule is CCNC(=O)CNC(=O)CCCS.[B]C(=O)CCCCCSCNC(=O)CNC=O. The number of rotatable bonds is 17. The van der Waals surface area contributed by atoms with Crippen molar-refractivity contribution in [1.29, 1.82) is 0 Å². The van der Waals surface area contributed by atoms with Gasteiger partial charge in [0, 0.05) is 13.0 Å². The highest BCUT2D eigenvalue weighted by Gasteiger charge is 2.03. The maximum atomic E-state index is 11.0. The lowest BCUT2D eigenvalue weighted by Crippen LogP contribution is -2.36. The molecule has 0 aromatic heterocycles. The molecule has 0 spiro atoms. The van der Waals surface area contributed by atoms with Crippen LogP contribution in [0, 0.1) is 0 Å². The molecule has 2 radical (unpaired) electrons. The Hall–Kier alpha value is -1.69. The third-order valence-electron chi connectivity index (χ3n) is 3.31. The first kappa shape index (κ1) is 30.5. The lowest BCUT2D eigenvalue weighted by atomic mass is 9.97. The monoisotopic (exact) mass is 460 g/mol. The number of hydrogen-bond acceptors (Lipinski definition) is 7. The topological polar surface area (TPSA) is 133 Å². The van der Waals surface area contributed by atoms with Gasteiger partial charge in [-0.15, -0.1) is 11.8 Å². The summed E-state index contributed by atoms with van der Waals surface area (Å²) in [6, 6.07) is 0. The third-order valence-corrected chi connectivity index (χ3v) is 4.55. The van der Waals surface area contributed by atoms with Crippen molar-refractivity contribution >= 4 is 62.1 Å². The summed E-state index contributed by atoms with van der Waals surface area (Å²) < 4.78 is 0. The molecular formula is C18H33BN4O5S2. The predicted octanol–water partition coefficient (Wildman–Crippen LogP) is -0.256. The highest BCUT2D eigenvalue weighted by Crippen LogP contribution is 2.06. The molecule has 170 valence electrons. The standard InChI is InChI=1S/C10H17BN2O3S.C8H16N2O2S/c11-9(15)4-2-1-3-5-17-8-13-10(16)6-12-7-14;1-2-9-8(12)6-10-7(11)4-3-5-13/h7H,1-6,8H2,(H,12,14)(H,13,16);13H,2-6H2,1H3,(H,9,12)(H,10,11). The maximum Gasteiger partial charge on any atom is 0.240 e. The van der Waals surface area contributed by atoms with Crippen LogP contribution < -0.4 is 21.3 Å². The Bertz CT molecular complexity index is 513. The number of carbonyl (C=O) groups is 5. The van der Waals surface area contributed by atoms with E-state index in [2.05, 4.69) is 33.9 Å². The highest BCUT2D eigenvalue weighted by molar-refractivity contribution is 7.99. The van der Waals surface area contributed by atoms with Gasteiger partial charge in [0.05, 0.1) is 24.6 Å². The molecular weight excluding hydrogens is 427 g/mol. The summed E-state index contributed by atoms with van der Waals surface area (Å²) in [5.74, 6) is 1.71. The Labute approximate surface area is 189 Å². The average molecular weight is 460 g/mol. The van der Waals surface area contributed by atoms with Crippen LogP contribution in [0.1, 0.15) is 45.4 Å². The zero-order valence-electron chi connectivity index (χ0n) is 17.5. The van der Waals surface area contributed by atoms with E-state index < -0.39 is 0 Å². The normalized spacial score (nSPS) is 9.53. The minimum atomic E-state index is -0.257. The summed E-state index contributed by atoms with van der Waals surface area (Å²) >= 11 is 5.59. The number of thioether (sulfide) groups is 1. The van der Waals surface area contributed by atoms with Gasteiger partial charge in [0.15, 0.2) is 7.85 Å². The van der Waals surface area contributed by atoms with E-state index in [4.69, 9.17) is 7.85 Å². The zero-order valence-corrected chi connectivity index (χ0v) is 19.2. The molecule has 0 aliphatic rings. The minimum Gasteiger partial charge on any atom is -0.355 e. The summed E-state index contributed by atoms with van der Waals surface area (Å²) in [4.78, 5) is 53.2. The first-order chi connectivity index (χ1) is 14.4. The van der Waals surface area contributed by atoms with Crippen LogP contribution in [0.5, 0.6) is 0 Å². The third kappa shape index (κ3) is 26.3. The van der Waals surface area contributed by atoms with Crippen molar-refractivity contribution in [1.82, 2.24) is 21.3 Å². The second-order valence-corrected chi connectivity index (χ2v) is 7.54. The van der Waals surface area contributed by atoms with Crippen molar-refractivity contribution in [3.05, 3.63) is 0 Å². The molecule has 4 amide bonds. The van der Waals surface area contributed by atoms with Gasteiger partial charge in [0.2, 0.25) is 24.1 Å². The summed E-state index contributed by atoms with van der Waals surface area (Å²) in [7, 11) is 5.01. The summed E-state index contributed by atoms with van der Waals surface area (Å²) in [5, 5.41) is 10.0. The van der Waals surface area contributed by atoms with Crippen LogP contribution in [0.3, 0.4) is 0 Å². The highest BCUT2D eigenvalue weighted by atomic mass is 32.2. The van der Waals surface area contributed by atoms with Gasteiger partial charge in [-0.1, -0.05) is 6.42 Å². The van der Waals surface area contributed by atoms with Gasteiger partial charge in [-0.05, 0) is 44.1 Å². The molecule has 0 atom stereocenters. The lowest BCUT2D eigenvalue weighted by molar-refractivity contribution is -0.126. The lowest BCUT2D eigenvalue weighted by Gasteiger charge is -2.04. The molecule has 0 saturated heterocycles. The van der Waals surface area contributed by atoms with Crippen LogP contribution in [-0.4, -0.2) is 74.7 Å². The van der Waals surface area contributed by atoms with Crippen LogP contribution in [0.25, 0.3) is 0 Å². The Morgan fingerprint density at radius 1 is 0.900 bits per heavy atom. The Balaban J connectivity index is 0. The summed E-state index contributed by atoms with van der Waals surface area (Å²) in [6.07, 6.45) is 4.90. The molecule has 0 heterocycles. The number of likely N-dealkylation sites (N-methyl/N-ethyl adjacent to an activating group) is 1. The van der Waals surface area contributed by atoms with E-state index >= 15 is 0 Å². The van der Waals surface area contributed by atoms with Gasteiger partial charge in [-0.25, -0.2) is 0 Å². The van der Waals surface area contributed by atoms with Crippen molar-refractivity contribution < 1.29 is 24.0 Å². The molecule has 0 unspecified atom stereocenters. The minimum absolute atomic E-state index is 0.0165. The first-order valence-electron chi connectivity index (χ1n) is 9.81. The number of unbranched alkanes of at least 4 members (excludes halogenated alkanes) is 2.